The summed E-state index contributed by atoms with van der Waals surface area (Å²) < 4.78 is 0. The van der Waals surface area contributed by atoms with Crippen LogP contribution in [0.4, 0.5) is 0 Å². The third-order valence-electron chi connectivity index (χ3n) is 5.26. The van der Waals surface area contributed by atoms with E-state index in [1.54, 1.807) is 13.8 Å². The molecule has 0 saturated heterocycles. The molecule has 0 saturated carbocycles. The lowest BCUT2D eigenvalue weighted by molar-refractivity contribution is -0.142. The second-order valence-corrected chi connectivity index (χ2v) is 8.82. The molecule has 0 fully saturated rings. The molecule has 8 N–H and O–H groups in total. The molecule has 34 heavy (non-hydrogen) atoms. The number of carbonyl (C=O) groups is 4. The minimum Gasteiger partial charge on any atom is -0.480 e. The zero-order valence-electron chi connectivity index (χ0n) is 19.7. The van der Waals surface area contributed by atoms with Gasteiger partial charge in [-0.25, -0.2) is 4.79 Å². The first-order chi connectivity index (χ1) is 16.1. The van der Waals surface area contributed by atoms with Crippen molar-refractivity contribution in [1.82, 2.24) is 16.0 Å². The predicted molar refractivity (Wildman–Crippen MR) is 133 cm³/mol. The Morgan fingerprint density at radius 2 is 1.56 bits per heavy atom. The number of carbonyl (C=O) groups excluding carboxylic acids is 3. The van der Waals surface area contributed by atoms with Crippen molar-refractivity contribution in [2.24, 2.45) is 17.4 Å². The minimum atomic E-state index is -1.17. The molecule has 0 aliphatic carbocycles. The number of thiol groups is 1. The molecule has 190 valence electrons. The lowest BCUT2D eigenvalue weighted by atomic mass is 10.0. The number of rotatable bonds is 15. The van der Waals surface area contributed by atoms with Crippen LogP contribution in [0.3, 0.4) is 0 Å². The smallest absolute Gasteiger partial charge is 0.326 e. The van der Waals surface area contributed by atoms with Crippen LogP contribution in [-0.2, 0) is 25.6 Å². The van der Waals surface area contributed by atoms with E-state index in [0.29, 0.717) is 25.8 Å². The Labute approximate surface area is 206 Å². The summed E-state index contributed by atoms with van der Waals surface area (Å²) in [5.41, 5.74) is 12.3. The highest BCUT2D eigenvalue weighted by molar-refractivity contribution is 7.80. The first-order valence-corrected chi connectivity index (χ1v) is 12.0. The van der Waals surface area contributed by atoms with Crippen LogP contribution in [0, 0.1) is 5.92 Å². The summed E-state index contributed by atoms with van der Waals surface area (Å²) in [5.74, 6) is -3.26. The van der Waals surface area contributed by atoms with Crippen molar-refractivity contribution >= 4 is 36.3 Å². The standard InChI is InChI=1S/C23H37N5O5S/c1-14(2)19(28-20(29)16(25)12-15-8-4-3-5-9-15)22(31)27-18(13-34)21(30)26-17(23(32)33)10-6-7-11-24/h3-5,8-9,14,16-19,34H,6-7,10-13,24-25H2,1-2H3,(H,26,30)(H,27,31)(H,28,29)(H,32,33). The van der Waals surface area contributed by atoms with Crippen LogP contribution in [0.15, 0.2) is 30.3 Å². The summed E-state index contributed by atoms with van der Waals surface area (Å²) in [7, 11) is 0. The summed E-state index contributed by atoms with van der Waals surface area (Å²) in [4.78, 5) is 49.6. The summed E-state index contributed by atoms with van der Waals surface area (Å²) >= 11 is 4.12. The molecule has 0 aliphatic heterocycles. The number of benzene rings is 1. The molecule has 1 aromatic carbocycles. The highest BCUT2D eigenvalue weighted by Crippen LogP contribution is 2.07. The van der Waals surface area contributed by atoms with Crippen LogP contribution in [0.5, 0.6) is 0 Å². The second-order valence-electron chi connectivity index (χ2n) is 8.45. The van der Waals surface area contributed by atoms with E-state index in [-0.39, 0.29) is 18.1 Å². The summed E-state index contributed by atoms with van der Waals surface area (Å²) in [5, 5.41) is 17.0. The minimum absolute atomic E-state index is 0.0566. The highest BCUT2D eigenvalue weighted by Gasteiger charge is 2.31. The normalized spacial score (nSPS) is 14.5. The van der Waals surface area contributed by atoms with Gasteiger partial charge >= 0.3 is 5.97 Å². The van der Waals surface area contributed by atoms with E-state index in [4.69, 9.17) is 11.5 Å². The summed E-state index contributed by atoms with van der Waals surface area (Å²) in [6.45, 7) is 3.93. The molecule has 0 spiro atoms. The third-order valence-corrected chi connectivity index (χ3v) is 5.62. The van der Waals surface area contributed by atoms with Gasteiger partial charge in [0.15, 0.2) is 0 Å². The lowest BCUT2D eigenvalue weighted by Crippen LogP contribution is -2.59. The zero-order chi connectivity index (χ0) is 25.7. The molecule has 0 aromatic heterocycles. The second kappa shape index (κ2) is 15.3. The Hall–Kier alpha value is -2.63. The topological polar surface area (TPSA) is 177 Å². The van der Waals surface area contributed by atoms with Gasteiger partial charge in [-0.05, 0) is 43.7 Å². The maximum atomic E-state index is 12.9. The SMILES string of the molecule is CC(C)C(NC(=O)C(N)Cc1ccccc1)C(=O)NC(CS)C(=O)NC(CCCCN)C(=O)O. The molecule has 0 heterocycles. The predicted octanol–water partition coefficient (Wildman–Crippen LogP) is -0.190. The largest absolute Gasteiger partial charge is 0.480 e. The van der Waals surface area contributed by atoms with E-state index in [2.05, 4.69) is 28.6 Å². The molecule has 4 unspecified atom stereocenters. The fourth-order valence-electron chi connectivity index (χ4n) is 3.23. The van der Waals surface area contributed by atoms with E-state index < -0.39 is 47.9 Å². The van der Waals surface area contributed by atoms with Crippen molar-refractivity contribution in [2.75, 3.05) is 12.3 Å². The van der Waals surface area contributed by atoms with Crippen LogP contribution >= 0.6 is 12.6 Å². The third kappa shape index (κ3) is 10.1. The zero-order valence-corrected chi connectivity index (χ0v) is 20.6. The fraction of sp³-hybridized carbons (Fsp3) is 0.565. The summed E-state index contributed by atoms with van der Waals surface area (Å²) in [6, 6.07) is 5.29. The van der Waals surface area contributed by atoms with E-state index in [1.165, 1.54) is 0 Å². The van der Waals surface area contributed by atoms with Crippen LogP contribution in [0.25, 0.3) is 0 Å². The van der Waals surface area contributed by atoms with Crippen LogP contribution in [0.2, 0.25) is 0 Å². The van der Waals surface area contributed by atoms with Gasteiger partial charge in [-0.3, -0.25) is 14.4 Å². The van der Waals surface area contributed by atoms with Gasteiger partial charge in [0, 0.05) is 5.75 Å². The molecular weight excluding hydrogens is 458 g/mol. The molecule has 11 heteroatoms. The van der Waals surface area contributed by atoms with Gasteiger partial charge in [0.05, 0.1) is 6.04 Å². The molecule has 10 nitrogen and oxygen atoms in total. The number of hydrogen-bond acceptors (Lipinski definition) is 7. The average Bonchev–Trinajstić information content (AvgIpc) is 2.80. The lowest BCUT2D eigenvalue weighted by Gasteiger charge is -2.26. The Kier molecular flexibility index (Phi) is 13.2. The van der Waals surface area contributed by atoms with Crippen LogP contribution < -0.4 is 27.4 Å². The molecule has 4 atom stereocenters. The Balaban J connectivity index is 2.76. The first kappa shape index (κ1) is 29.4. The number of carboxylic acids is 1. The van der Waals surface area contributed by atoms with E-state index in [0.717, 1.165) is 5.56 Å². The van der Waals surface area contributed by atoms with Gasteiger partial charge in [0.1, 0.15) is 18.1 Å². The van der Waals surface area contributed by atoms with Gasteiger partial charge < -0.3 is 32.5 Å². The first-order valence-electron chi connectivity index (χ1n) is 11.3. The number of unbranched alkanes of at least 4 members (excludes halogenated alkanes) is 1. The Bertz CT molecular complexity index is 808. The number of hydrogen-bond donors (Lipinski definition) is 7. The average molecular weight is 496 g/mol. The van der Waals surface area contributed by atoms with Crippen LogP contribution in [0.1, 0.15) is 38.7 Å². The van der Waals surface area contributed by atoms with E-state index in [1.807, 2.05) is 30.3 Å². The number of aliphatic carboxylic acids is 1. The molecule has 0 aliphatic rings. The number of nitrogens with two attached hydrogens (primary N) is 2. The maximum absolute atomic E-state index is 12.9. The van der Waals surface area contributed by atoms with Gasteiger partial charge in [-0.1, -0.05) is 44.2 Å². The van der Waals surface area contributed by atoms with Crippen molar-refractivity contribution in [3.8, 4) is 0 Å². The maximum Gasteiger partial charge on any atom is 0.326 e. The monoisotopic (exact) mass is 495 g/mol. The van der Waals surface area contributed by atoms with Gasteiger partial charge in [0.25, 0.3) is 0 Å². The van der Waals surface area contributed by atoms with E-state index in [9.17, 15) is 24.3 Å². The Morgan fingerprint density at radius 3 is 2.09 bits per heavy atom. The molecular formula is C23H37N5O5S. The highest BCUT2D eigenvalue weighted by atomic mass is 32.1. The molecule has 0 bridgehead atoms. The van der Waals surface area contributed by atoms with Crippen molar-refractivity contribution < 1.29 is 24.3 Å². The van der Waals surface area contributed by atoms with Crippen molar-refractivity contribution in [3.63, 3.8) is 0 Å². The van der Waals surface area contributed by atoms with Crippen molar-refractivity contribution in [3.05, 3.63) is 35.9 Å². The van der Waals surface area contributed by atoms with Gasteiger partial charge in [-0.15, -0.1) is 0 Å². The quantitative estimate of drug-likeness (QED) is 0.130. The Morgan fingerprint density at radius 1 is 0.941 bits per heavy atom. The van der Waals surface area contributed by atoms with Crippen molar-refractivity contribution in [1.29, 1.82) is 0 Å². The van der Waals surface area contributed by atoms with Crippen molar-refractivity contribution in [2.45, 2.75) is 63.7 Å². The molecule has 1 aromatic rings. The summed E-state index contributed by atoms with van der Waals surface area (Å²) in [6.07, 6.45) is 1.70. The molecule has 0 radical (unpaired) electrons. The number of nitrogens with one attached hydrogen (secondary N) is 3. The van der Waals surface area contributed by atoms with Gasteiger partial charge in [-0.2, -0.15) is 12.6 Å². The fourth-order valence-corrected chi connectivity index (χ4v) is 3.49. The molecule has 1 rings (SSSR count). The number of amides is 3. The van der Waals surface area contributed by atoms with Crippen LogP contribution in [-0.4, -0.2) is 65.3 Å². The van der Waals surface area contributed by atoms with Gasteiger partial charge in [0.2, 0.25) is 17.7 Å². The molecule has 3 amide bonds. The van der Waals surface area contributed by atoms with E-state index >= 15 is 0 Å². The number of carboxylic acid groups (broad SMARTS) is 1.